The van der Waals surface area contributed by atoms with E-state index in [2.05, 4.69) is 9.88 Å². The minimum absolute atomic E-state index is 0.460. The molecule has 1 fully saturated rings. The van der Waals surface area contributed by atoms with E-state index >= 15 is 0 Å². The van der Waals surface area contributed by atoms with Gasteiger partial charge in [-0.05, 0) is 12.8 Å². The monoisotopic (exact) mass is 215 g/mol. The number of nitrogens with one attached hydrogen (secondary N) is 1. The molecule has 1 aromatic heterocycles. The minimum Gasteiger partial charge on any atom is -0.348 e. The zero-order valence-corrected chi connectivity index (χ0v) is 8.66. The molecule has 0 spiro atoms. The fraction of sp³-hybridized carbons (Fsp3) is 0.500. The molecule has 1 aliphatic rings. The molecule has 5 heteroatoms. The van der Waals surface area contributed by atoms with Crippen molar-refractivity contribution in [2.75, 3.05) is 18.0 Å². The molecule has 0 unspecified atom stereocenters. The van der Waals surface area contributed by atoms with Crippen molar-refractivity contribution in [2.45, 2.75) is 12.8 Å². The number of anilines is 1. The van der Waals surface area contributed by atoms with Crippen LogP contribution in [0.1, 0.15) is 17.7 Å². The van der Waals surface area contributed by atoms with Crippen molar-refractivity contribution in [1.82, 2.24) is 4.98 Å². The van der Waals surface area contributed by atoms with Gasteiger partial charge in [0.15, 0.2) is 10.3 Å². The number of halogens is 1. The van der Waals surface area contributed by atoms with E-state index in [9.17, 15) is 0 Å². The van der Waals surface area contributed by atoms with Crippen LogP contribution in [-0.2, 0) is 0 Å². The SMILES string of the molecule is N=Cc1sc(N2CCCC2)nc1Cl. The van der Waals surface area contributed by atoms with E-state index < -0.39 is 0 Å². The maximum atomic E-state index is 7.11. The first kappa shape index (κ1) is 8.97. The topological polar surface area (TPSA) is 40.0 Å². The average Bonchev–Trinajstić information content (AvgIpc) is 2.71. The highest BCUT2D eigenvalue weighted by atomic mass is 35.5. The Kier molecular flexibility index (Phi) is 2.51. The van der Waals surface area contributed by atoms with Crippen molar-refractivity contribution < 1.29 is 0 Å². The molecule has 2 rings (SSSR count). The first-order chi connectivity index (χ1) is 6.31. The van der Waals surface area contributed by atoms with Gasteiger partial charge in [-0.2, -0.15) is 0 Å². The molecule has 1 aromatic rings. The summed E-state index contributed by atoms with van der Waals surface area (Å²) in [5.41, 5.74) is 0. The van der Waals surface area contributed by atoms with Crippen LogP contribution >= 0.6 is 22.9 Å². The van der Waals surface area contributed by atoms with E-state index in [4.69, 9.17) is 17.0 Å². The number of hydrogen-bond acceptors (Lipinski definition) is 4. The van der Waals surface area contributed by atoms with Crippen LogP contribution in [0.15, 0.2) is 0 Å². The Hall–Kier alpha value is -0.610. The summed E-state index contributed by atoms with van der Waals surface area (Å²) in [5.74, 6) is 0. The number of hydrogen-bond donors (Lipinski definition) is 1. The summed E-state index contributed by atoms with van der Waals surface area (Å²) in [6, 6.07) is 0. The van der Waals surface area contributed by atoms with Crippen LogP contribution in [0.5, 0.6) is 0 Å². The summed E-state index contributed by atoms with van der Waals surface area (Å²) in [7, 11) is 0. The van der Waals surface area contributed by atoms with Crippen molar-refractivity contribution in [3.05, 3.63) is 10.0 Å². The quantitative estimate of drug-likeness (QED) is 0.770. The first-order valence-electron chi connectivity index (χ1n) is 4.23. The Morgan fingerprint density at radius 3 is 2.69 bits per heavy atom. The van der Waals surface area contributed by atoms with E-state index in [1.807, 2.05) is 0 Å². The summed E-state index contributed by atoms with van der Waals surface area (Å²) in [6.07, 6.45) is 3.73. The summed E-state index contributed by atoms with van der Waals surface area (Å²) in [5, 5.41) is 8.53. The fourth-order valence-corrected chi connectivity index (χ4v) is 2.57. The third-order valence-corrected chi connectivity index (χ3v) is 3.57. The first-order valence-corrected chi connectivity index (χ1v) is 5.42. The molecule has 1 N–H and O–H groups in total. The van der Waals surface area contributed by atoms with Gasteiger partial charge in [0.25, 0.3) is 0 Å². The molecule has 0 atom stereocenters. The highest BCUT2D eigenvalue weighted by Crippen LogP contribution is 2.30. The lowest BCUT2D eigenvalue weighted by Crippen LogP contribution is -2.16. The standard InChI is InChI=1S/C8H10ClN3S/c9-7-6(5-10)13-8(11-7)12-3-1-2-4-12/h5,10H,1-4H2. The molecule has 13 heavy (non-hydrogen) atoms. The van der Waals surface area contributed by atoms with Crippen LogP contribution in [0, 0.1) is 5.41 Å². The van der Waals surface area contributed by atoms with E-state index in [1.54, 1.807) is 0 Å². The summed E-state index contributed by atoms with van der Waals surface area (Å²) in [4.78, 5) is 7.20. The van der Waals surface area contributed by atoms with Crippen LogP contribution in [0.3, 0.4) is 0 Å². The molecule has 0 aromatic carbocycles. The largest absolute Gasteiger partial charge is 0.348 e. The molecule has 1 saturated heterocycles. The Balaban J connectivity index is 2.24. The van der Waals surface area contributed by atoms with Gasteiger partial charge in [-0.25, -0.2) is 4.98 Å². The Morgan fingerprint density at radius 2 is 2.15 bits per heavy atom. The summed E-state index contributed by atoms with van der Waals surface area (Å²) < 4.78 is 0. The Morgan fingerprint density at radius 1 is 1.46 bits per heavy atom. The number of nitrogens with zero attached hydrogens (tertiary/aromatic N) is 2. The normalized spacial score (nSPS) is 16.5. The lowest BCUT2D eigenvalue weighted by molar-refractivity contribution is 0.949. The third-order valence-electron chi connectivity index (χ3n) is 2.11. The second kappa shape index (κ2) is 3.64. The predicted octanol–water partition coefficient (Wildman–Crippen LogP) is 2.39. The van der Waals surface area contributed by atoms with Crippen molar-refractivity contribution in [3.63, 3.8) is 0 Å². The van der Waals surface area contributed by atoms with E-state index in [1.165, 1.54) is 30.4 Å². The zero-order valence-electron chi connectivity index (χ0n) is 7.09. The van der Waals surface area contributed by atoms with Gasteiger partial charge in [-0.15, -0.1) is 0 Å². The van der Waals surface area contributed by atoms with Crippen molar-refractivity contribution in [3.8, 4) is 0 Å². The van der Waals surface area contributed by atoms with Gasteiger partial charge >= 0.3 is 0 Å². The molecular weight excluding hydrogens is 206 g/mol. The van der Waals surface area contributed by atoms with Gasteiger partial charge in [0.05, 0.1) is 4.88 Å². The van der Waals surface area contributed by atoms with E-state index in [0.29, 0.717) is 5.15 Å². The van der Waals surface area contributed by atoms with Crippen molar-refractivity contribution in [1.29, 1.82) is 5.41 Å². The maximum Gasteiger partial charge on any atom is 0.187 e. The molecule has 0 radical (unpaired) electrons. The van der Waals surface area contributed by atoms with Gasteiger partial charge in [0.2, 0.25) is 0 Å². The molecule has 0 saturated carbocycles. The molecule has 0 aliphatic carbocycles. The third kappa shape index (κ3) is 1.69. The highest BCUT2D eigenvalue weighted by Gasteiger charge is 2.17. The van der Waals surface area contributed by atoms with Crippen LogP contribution in [0.2, 0.25) is 5.15 Å². The summed E-state index contributed by atoms with van der Waals surface area (Å²) in [6.45, 7) is 2.14. The van der Waals surface area contributed by atoms with Gasteiger partial charge in [0, 0.05) is 19.3 Å². The Bertz CT molecular complexity index is 317. The lowest BCUT2D eigenvalue weighted by Gasteiger charge is -2.11. The van der Waals surface area contributed by atoms with Gasteiger partial charge < -0.3 is 10.3 Å². The second-order valence-corrected chi connectivity index (χ2v) is 4.36. The molecule has 70 valence electrons. The number of rotatable bonds is 2. The average molecular weight is 216 g/mol. The van der Waals surface area contributed by atoms with Crippen LogP contribution in [-0.4, -0.2) is 24.3 Å². The summed E-state index contributed by atoms with van der Waals surface area (Å²) >= 11 is 7.34. The molecule has 1 aliphatic heterocycles. The minimum atomic E-state index is 0.460. The molecule has 0 bridgehead atoms. The van der Waals surface area contributed by atoms with E-state index in [0.717, 1.165) is 23.1 Å². The fourth-order valence-electron chi connectivity index (χ4n) is 1.44. The van der Waals surface area contributed by atoms with Gasteiger partial charge in [0.1, 0.15) is 0 Å². The number of thiazole rings is 1. The van der Waals surface area contributed by atoms with Crippen molar-refractivity contribution >= 4 is 34.3 Å². The predicted molar refractivity (Wildman–Crippen MR) is 56.5 cm³/mol. The number of aromatic nitrogens is 1. The highest BCUT2D eigenvalue weighted by molar-refractivity contribution is 7.17. The smallest absolute Gasteiger partial charge is 0.187 e. The van der Waals surface area contributed by atoms with Gasteiger partial charge in [-0.1, -0.05) is 22.9 Å². The Labute approximate surface area is 85.9 Å². The zero-order chi connectivity index (χ0) is 9.26. The molecule has 3 nitrogen and oxygen atoms in total. The van der Waals surface area contributed by atoms with Crippen LogP contribution in [0.4, 0.5) is 5.13 Å². The lowest BCUT2D eigenvalue weighted by atomic mass is 10.4. The van der Waals surface area contributed by atoms with Crippen LogP contribution < -0.4 is 4.90 Å². The van der Waals surface area contributed by atoms with Gasteiger partial charge in [-0.3, -0.25) is 0 Å². The van der Waals surface area contributed by atoms with E-state index in [-0.39, 0.29) is 0 Å². The van der Waals surface area contributed by atoms with Crippen LogP contribution in [0.25, 0.3) is 0 Å². The second-order valence-electron chi connectivity index (χ2n) is 2.99. The van der Waals surface area contributed by atoms with Crippen molar-refractivity contribution in [2.24, 2.45) is 0 Å². The maximum absolute atomic E-state index is 7.11. The molecule has 2 heterocycles. The molecular formula is C8H10ClN3S. The molecule has 0 amide bonds.